The van der Waals surface area contributed by atoms with E-state index >= 15 is 0 Å². The van der Waals surface area contributed by atoms with E-state index in [0.29, 0.717) is 12.5 Å². The molecule has 0 amide bonds. The molecule has 6 nitrogen and oxygen atoms in total. The van der Waals surface area contributed by atoms with E-state index in [2.05, 4.69) is 29.6 Å². The van der Waals surface area contributed by atoms with Crippen LogP contribution in [0.1, 0.15) is 36.2 Å². The molecule has 1 fully saturated rings. The number of nitrogens with one attached hydrogen (secondary N) is 2. The molecule has 0 aliphatic carbocycles. The van der Waals surface area contributed by atoms with Crippen LogP contribution in [0.2, 0.25) is 0 Å². The first-order valence-electron chi connectivity index (χ1n) is 7.50. The summed E-state index contributed by atoms with van der Waals surface area (Å²) in [5.74, 6) is 0.669. The largest absolute Gasteiger partial charge is 0.391 e. The number of β-amino-alcohol motifs (C(OH)–C–C–N with tert-alkyl or cyclic N) is 1. The van der Waals surface area contributed by atoms with Crippen LogP contribution < -0.4 is 10.6 Å². The highest BCUT2D eigenvalue weighted by Gasteiger charge is 2.25. The van der Waals surface area contributed by atoms with Gasteiger partial charge in [0, 0.05) is 32.1 Å². The number of aromatic nitrogens is 3. The fraction of sp³-hybridized carbons (Fsp3) is 0.714. The summed E-state index contributed by atoms with van der Waals surface area (Å²) >= 11 is 1.63. The maximum atomic E-state index is 9.83. The van der Waals surface area contributed by atoms with Crippen LogP contribution in [0.25, 0.3) is 4.96 Å². The molecule has 2 unspecified atom stereocenters. The minimum Gasteiger partial charge on any atom is -0.391 e. The molecule has 3 heterocycles. The number of rotatable bonds is 5. The van der Waals surface area contributed by atoms with Crippen LogP contribution in [0.3, 0.4) is 0 Å². The number of aliphatic hydroxyl groups is 1. The second-order valence-corrected chi connectivity index (χ2v) is 7.19. The van der Waals surface area contributed by atoms with E-state index in [9.17, 15) is 5.11 Å². The zero-order valence-electron chi connectivity index (χ0n) is 12.8. The predicted molar refractivity (Wildman–Crippen MR) is 83.8 cm³/mol. The van der Waals surface area contributed by atoms with Crippen molar-refractivity contribution in [1.82, 2.24) is 25.2 Å². The zero-order chi connectivity index (χ0) is 15.0. The fourth-order valence-electron chi connectivity index (χ4n) is 2.83. The number of hydrogen-bond acceptors (Lipinski definition) is 6. The summed E-state index contributed by atoms with van der Waals surface area (Å²) in [5.41, 5.74) is 2.26. The van der Waals surface area contributed by atoms with E-state index < -0.39 is 0 Å². The van der Waals surface area contributed by atoms with E-state index in [1.54, 1.807) is 11.3 Å². The van der Waals surface area contributed by atoms with Gasteiger partial charge in [0.2, 0.25) is 4.96 Å². The molecule has 0 radical (unpaired) electrons. The molecule has 2 atom stereocenters. The van der Waals surface area contributed by atoms with E-state index in [4.69, 9.17) is 4.98 Å². The summed E-state index contributed by atoms with van der Waals surface area (Å²) in [6.07, 6.45) is -0.242. The van der Waals surface area contributed by atoms with Crippen molar-refractivity contribution in [1.29, 1.82) is 0 Å². The third-order valence-corrected chi connectivity index (χ3v) is 4.80. The molecule has 1 aliphatic rings. The highest BCUT2D eigenvalue weighted by atomic mass is 32.1. The summed E-state index contributed by atoms with van der Waals surface area (Å²) < 4.78 is 1.96. The molecule has 21 heavy (non-hydrogen) atoms. The second-order valence-electron chi connectivity index (χ2n) is 6.03. The number of aliphatic hydroxyl groups excluding tert-OH is 1. The van der Waals surface area contributed by atoms with Gasteiger partial charge in [0.05, 0.1) is 17.5 Å². The van der Waals surface area contributed by atoms with Gasteiger partial charge in [-0.05, 0) is 12.8 Å². The highest BCUT2D eigenvalue weighted by Crippen LogP contribution is 2.23. The molecule has 2 aromatic heterocycles. The number of hydrogen-bond donors (Lipinski definition) is 3. The van der Waals surface area contributed by atoms with Crippen molar-refractivity contribution in [3.05, 3.63) is 16.4 Å². The van der Waals surface area contributed by atoms with Crippen molar-refractivity contribution < 1.29 is 5.11 Å². The van der Waals surface area contributed by atoms with Crippen molar-refractivity contribution in [2.75, 3.05) is 19.6 Å². The molecule has 3 rings (SSSR count). The average molecular weight is 309 g/mol. The molecule has 0 bridgehead atoms. The molecule has 0 saturated carbocycles. The number of fused-ring (bicyclic) bond motifs is 1. The summed E-state index contributed by atoms with van der Waals surface area (Å²) in [4.78, 5) is 5.68. The van der Waals surface area contributed by atoms with Gasteiger partial charge in [0.15, 0.2) is 0 Å². The Kier molecular flexibility index (Phi) is 4.26. The highest BCUT2D eigenvalue weighted by molar-refractivity contribution is 7.16. The molecular formula is C14H23N5OS. The SMILES string of the molecule is Cc1nn2c(CNCC3CNCC3O)c(C(C)C)nc2s1. The average Bonchev–Trinajstić information content (AvgIpc) is 3.06. The third-order valence-electron chi connectivity index (χ3n) is 3.98. The van der Waals surface area contributed by atoms with Gasteiger partial charge < -0.3 is 15.7 Å². The van der Waals surface area contributed by atoms with Gasteiger partial charge >= 0.3 is 0 Å². The zero-order valence-corrected chi connectivity index (χ0v) is 13.6. The third kappa shape index (κ3) is 2.96. The first-order valence-corrected chi connectivity index (χ1v) is 8.32. The lowest BCUT2D eigenvalue weighted by molar-refractivity contribution is 0.146. The van der Waals surface area contributed by atoms with Crippen LogP contribution >= 0.6 is 11.3 Å². The predicted octanol–water partition coefficient (Wildman–Crippen LogP) is 0.893. The van der Waals surface area contributed by atoms with Gasteiger partial charge in [-0.1, -0.05) is 25.2 Å². The van der Waals surface area contributed by atoms with E-state index in [0.717, 1.165) is 41.0 Å². The molecule has 2 aromatic rings. The molecule has 7 heteroatoms. The summed E-state index contributed by atoms with van der Waals surface area (Å²) in [6, 6.07) is 0. The van der Waals surface area contributed by atoms with E-state index in [-0.39, 0.29) is 12.0 Å². The number of nitrogens with zero attached hydrogens (tertiary/aromatic N) is 3. The lowest BCUT2D eigenvalue weighted by Crippen LogP contribution is -2.30. The lowest BCUT2D eigenvalue weighted by Gasteiger charge is -2.14. The second kappa shape index (κ2) is 6.00. The van der Waals surface area contributed by atoms with Gasteiger partial charge in [0.1, 0.15) is 5.01 Å². The van der Waals surface area contributed by atoms with Gasteiger partial charge in [-0.2, -0.15) is 5.10 Å². The van der Waals surface area contributed by atoms with Gasteiger partial charge in [0.25, 0.3) is 0 Å². The van der Waals surface area contributed by atoms with Crippen molar-refractivity contribution in [2.24, 2.45) is 5.92 Å². The summed E-state index contributed by atoms with van der Waals surface area (Å²) in [5, 5.41) is 22.1. The Morgan fingerprint density at radius 1 is 1.48 bits per heavy atom. The van der Waals surface area contributed by atoms with E-state index in [1.807, 2.05) is 11.4 Å². The Hall–Kier alpha value is -1.02. The Bertz CT molecular complexity index is 620. The van der Waals surface area contributed by atoms with E-state index in [1.165, 1.54) is 0 Å². The number of imidazole rings is 1. The van der Waals surface area contributed by atoms with Crippen molar-refractivity contribution in [2.45, 2.75) is 39.3 Å². The summed E-state index contributed by atoms with van der Waals surface area (Å²) in [6.45, 7) is 9.45. The topological polar surface area (TPSA) is 74.5 Å². The van der Waals surface area contributed by atoms with Gasteiger partial charge in [-0.25, -0.2) is 9.50 Å². The van der Waals surface area contributed by atoms with Crippen LogP contribution in [0.5, 0.6) is 0 Å². The van der Waals surface area contributed by atoms with Crippen molar-refractivity contribution in [3.63, 3.8) is 0 Å². The van der Waals surface area contributed by atoms with Crippen LogP contribution in [-0.2, 0) is 6.54 Å². The summed E-state index contributed by atoms with van der Waals surface area (Å²) in [7, 11) is 0. The van der Waals surface area contributed by atoms with Gasteiger partial charge in [-0.3, -0.25) is 0 Å². The van der Waals surface area contributed by atoms with Crippen LogP contribution in [0.4, 0.5) is 0 Å². The lowest BCUT2D eigenvalue weighted by atomic mass is 10.1. The Labute approximate surface area is 128 Å². The molecule has 1 saturated heterocycles. The molecule has 0 spiro atoms. The number of aryl methyl sites for hydroxylation is 1. The smallest absolute Gasteiger partial charge is 0.212 e. The Balaban J connectivity index is 1.73. The normalized spacial score (nSPS) is 22.7. The molecule has 116 valence electrons. The first-order chi connectivity index (χ1) is 10.1. The molecule has 3 N–H and O–H groups in total. The quantitative estimate of drug-likeness (QED) is 0.765. The Morgan fingerprint density at radius 2 is 2.29 bits per heavy atom. The standard InChI is InChI=1S/C14H23N5OS/c1-8(2)13-11(19-14(17-13)21-9(3)18-19)6-15-4-10-5-16-7-12(10)20/h8,10,12,15-16,20H,4-7H2,1-3H3. The first kappa shape index (κ1) is 14.9. The fourth-order valence-corrected chi connectivity index (χ4v) is 3.60. The van der Waals surface area contributed by atoms with Crippen molar-refractivity contribution >= 4 is 16.3 Å². The van der Waals surface area contributed by atoms with Crippen molar-refractivity contribution in [3.8, 4) is 0 Å². The van der Waals surface area contributed by atoms with Crippen LogP contribution in [0.15, 0.2) is 0 Å². The minimum absolute atomic E-state index is 0.242. The molecular weight excluding hydrogens is 286 g/mol. The Morgan fingerprint density at radius 3 is 2.95 bits per heavy atom. The maximum Gasteiger partial charge on any atom is 0.212 e. The van der Waals surface area contributed by atoms with Crippen LogP contribution in [-0.4, -0.2) is 45.4 Å². The molecule has 1 aliphatic heterocycles. The van der Waals surface area contributed by atoms with Crippen LogP contribution in [0, 0.1) is 12.8 Å². The molecule has 0 aromatic carbocycles. The monoisotopic (exact) mass is 309 g/mol. The van der Waals surface area contributed by atoms with Gasteiger partial charge in [-0.15, -0.1) is 0 Å². The minimum atomic E-state index is -0.242. The maximum absolute atomic E-state index is 9.83.